The Bertz CT molecular complexity index is 475. The first-order valence-electron chi connectivity index (χ1n) is 7.13. The minimum atomic E-state index is -0.675. The van der Waals surface area contributed by atoms with Crippen molar-refractivity contribution in [3.8, 4) is 0 Å². The predicted octanol–water partition coefficient (Wildman–Crippen LogP) is 2.68. The van der Waals surface area contributed by atoms with E-state index in [1.807, 2.05) is 0 Å². The van der Waals surface area contributed by atoms with Crippen LogP contribution in [0.2, 0.25) is 0 Å². The summed E-state index contributed by atoms with van der Waals surface area (Å²) < 4.78 is 0. The van der Waals surface area contributed by atoms with Crippen LogP contribution < -0.4 is 0 Å². The molecule has 1 unspecified atom stereocenters. The number of carboxylic acid groups (broad SMARTS) is 1. The van der Waals surface area contributed by atoms with E-state index >= 15 is 0 Å². The van der Waals surface area contributed by atoms with E-state index in [4.69, 9.17) is 5.11 Å². The largest absolute Gasteiger partial charge is 0.481 e. The summed E-state index contributed by atoms with van der Waals surface area (Å²) in [4.78, 5) is 13.4. The van der Waals surface area contributed by atoms with Gasteiger partial charge in [0.05, 0.1) is 6.42 Å². The minimum absolute atomic E-state index is 0.218. The van der Waals surface area contributed by atoms with Gasteiger partial charge in [-0.05, 0) is 42.9 Å². The van der Waals surface area contributed by atoms with Crippen molar-refractivity contribution < 1.29 is 9.90 Å². The molecule has 1 aromatic rings. The van der Waals surface area contributed by atoms with E-state index in [-0.39, 0.29) is 12.3 Å². The third-order valence-electron chi connectivity index (χ3n) is 4.46. The van der Waals surface area contributed by atoms with Crippen molar-refractivity contribution in [1.29, 1.82) is 0 Å². The summed E-state index contributed by atoms with van der Waals surface area (Å²) in [6, 6.07) is 8.65. The minimum Gasteiger partial charge on any atom is -0.481 e. The molecule has 1 heterocycles. The van der Waals surface area contributed by atoms with E-state index in [9.17, 15) is 4.79 Å². The number of hydrogen-bond acceptors (Lipinski definition) is 2. The van der Waals surface area contributed by atoms with Gasteiger partial charge in [0.1, 0.15) is 0 Å². The highest BCUT2D eigenvalue weighted by molar-refractivity contribution is 5.68. The zero-order valence-corrected chi connectivity index (χ0v) is 11.4. The van der Waals surface area contributed by atoms with E-state index < -0.39 is 5.97 Å². The maximum atomic E-state index is 11.0. The lowest BCUT2D eigenvalue weighted by atomic mass is 9.85. The normalized spacial score (nSPS) is 21.9. The van der Waals surface area contributed by atoms with Gasteiger partial charge in [0, 0.05) is 19.0 Å². The van der Waals surface area contributed by atoms with Gasteiger partial charge in [-0.15, -0.1) is 0 Å². The smallest absolute Gasteiger partial charge is 0.303 e. The predicted molar refractivity (Wildman–Crippen MR) is 74.4 cm³/mol. The fourth-order valence-corrected chi connectivity index (χ4v) is 3.20. The first-order chi connectivity index (χ1) is 9.13. The quantitative estimate of drug-likeness (QED) is 0.884. The van der Waals surface area contributed by atoms with Gasteiger partial charge < -0.3 is 10.0 Å². The van der Waals surface area contributed by atoms with Crippen LogP contribution in [0.1, 0.15) is 42.2 Å². The Hall–Kier alpha value is -1.35. The van der Waals surface area contributed by atoms with Gasteiger partial charge in [0.2, 0.25) is 0 Å². The van der Waals surface area contributed by atoms with Gasteiger partial charge in [-0.25, -0.2) is 0 Å². The number of likely N-dealkylation sites (tertiary alicyclic amines) is 1. The van der Waals surface area contributed by atoms with Crippen LogP contribution in [0.5, 0.6) is 0 Å². The molecule has 0 spiro atoms. The van der Waals surface area contributed by atoms with Crippen molar-refractivity contribution in [2.24, 2.45) is 5.92 Å². The molecule has 0 radical (unpaired) electrons. The third-order valence-corrected chi connectivity index (χ3v) is 4.46. The van der Waals surface area contributed by atoms with Gasteiger partial charge in [-0.1, -0.05) is 24.3 Å². The summed E-state index contributed by atoms with van der Waals surface area (Å²) in [5.74, 6) is 0.769. The second kappa shape index (κ2) is 4.97. The molecule has 1 saturated heterocycles. The van der Waals surface area contributed by atoms with Crippen molar-refractivity contribution in [3.63, 3.8) is 0 Å². The van der Waals surface area contributed by atoms with Crippen LogP contribution in [0, 0.1) is 5.92 Å². The molecule has 1 saturated carbocycles. The Morgan fingerprint density at radius 3 is 2.74 bits per heavy atom. The molecule has 0 amide bonds. The van der Waals surface area contributed by atoms with Crippen LogP contribution in [0.4, 0.5) is 0 Å². The van der Waals surface area contributed by atoms with Crippen LogP contribution >= 0.6 is 0 Å². The first kappa shape index (κ1) is 12.7. The number of nitrogens with zero attached hydrogens (tertiary/aromatic N) is 1. The van der Waals surface area contributed by atoms with E-state index in [1.54, 1.807) is 0 Å². The van der Waals surface area contributed by atoms with Crippen molar-refractivity contribution in [1.82, 2.24) is 4.90 Å². The summed E-state index contributed by atoms with van der Waals surface area (Å²) in [5.41, 5.74) is 2.61. The molecule has 1 N–H and O–H groups in total. The molecule has 0 bridgehead atoms. The summed E-state index contributed by atoms with van der Waals surface area (Å²) in [6.45, 7) is 2.24. The second-order valence-corrected chi connectivity index (χ2v) is 6.13. The molecule has 2 aliphatic rings. The van der Waals surface area contributed by atoms with Crippen molar-refractivity contribution in [2.75, 3.05) is 20.1 Å². The average molecular weight is 259 g/mol. The summed E-state index contributed by atoms with van der Waals surface area (Å²) in [5, 5.41) is 9.09. The molecule has 3 nitrogen and oxygen atoms in total. The molecule has 19 heavy (non-hydrogen) atoms. The van der Waals surface area contributed by atoms with E-state index in [2.05, 4.69) is 36.2 Å². The highest BCUT2D eigenvalue weighted by Crippen LogP contribution is 2.45. The van der Waals surface area contributed by atoms with Crippen LogP contribution in [0.15, 0.2) is 24.3 Å². The van der Waals surface area contributed by atoms with Crippen LogP contribution in [0.25, 0.3) is 0 Å². The van der Waals surface area contributed by atoms with E-state index in [1.165, 1.54) is 24.0 Å². The van der Waals surface area contributed by atoms with Crippen molar-refractivity contribution >= 4 is 5.97 Å². The Morgan fingerprint density at radius 2 is 2.16 bits per heavy atom. The molecule has 1 aliphatic heterocycles. The SMILES string of the molecule is CN1CC(c2cccc(C(CC(=O)O)C3CC3)c2)C1. The molecule has 3 rings (SSSR count). The lowest BCUT2D eigenvalue weighted by Gasteiger charge is -2.36. The topological polar surface area (TPSA) is 40.5 Å². The number of aliphatic carboxylic acids is 1. The molecule has 0 aromatic heterocycles. The number of carbonyl (C=O) groups is 1. The molecule has 2 fully saturated rings. The van der Waals surface area contributed by atoms with Gasteiger partial charge in [0.15, 0.2) is 0 Å². The molecule has 1 atom stereocenters. The number of carboxylic acids is 1. The Kier molecular flexibility index (Phi) is 3.31. The Morgan fingerprint density at radius 1 is 1.42 bits per heavy atom. The van der Waals surface area contributed by atoms with Crippen LogP contribution in [-0.2, 0) is 4.79 Å². The maximum Gasteiger partial charge on any atom is 0.303 e. The standard InChI is InChI=1S/C16H21NO2/c1-17-9-14(10-17)12-3-2-4-13(7-12)15(8-16(18)19)11-5-6-11/h2-4,7,11,14-15H,5-6,8-10H2,1H3,(H,18,19). The van der Waals surface area contributed by atoms with Gasteiger partial charge in [-0.2, -0.15) is 0 Å². The first-order valence-corrected chi connectivity index (χ1v) is 7.13. The van der Waals surface area contributed by atoms with Gasteiger partial charge in [-0.3, -0.25) is 4.79 Å². The molecular weight excluding hydrogens is 238 g/mol. The number of likely N-dealkylation sites (N-methyl/N-ethyl adjacent to an activating group) is 1. The zero-order chi connectivity index (χ0) is 13.4. The number of rotatable bonds is 5. The lowest BCUT2D eigenvalue weighted by Crippen LogP contribution is -2.41. The fourth-order valence-electron chi connectivity index (χ4n) is 3.20. The Labute approximate surface area is 114 Å². The van der Waals surface area contributed by atoms with Crippen LogP contribution in [-0.4, -0.2) is 36.1 Å². The molecule has 1 aromatic carbocycles. The highest BCUT2D eigenvalue weighted by Gasteiger charge is 2.34. The summed E-state index contributed by atoms with van der Waals surface area (Å²) in [6.07, 6.45) is 2.65. The van der Waals surface area contributed by atoms with E-state index in [0.717, 1.165) is 13.1 Å². The Balaban J connectivity index is 1.78. The molecular formula is C16H21NO2. The molecule has 3 heteroatoms. The second-order valence-electron chi connectivity index (χ2n) is 6.13. The summed E-state index contributed by atoms with van der Waals surface area (Å²) >= 11 is 0. The third kappa shape index (κ3) is 2.81. The lowest BCUT2D eigenvalue weighted by molar-refractivity contribution is -0.137. The summed E-state index contributed by atoms with van der Waals surface area (Å²) in [7, 11) is 2.14. The van der Waals surface area contributed by atoms with Gasteiger partial charge in [0.25, 0.3) is 0 Å². The van der Waals surface area contributed by atoms with Crippen molar-refractivity contribution in [3.05, 3.63) is 35.4 Å². The fraction of sp³-hybridized carbons (Fsp3) is 0.562. The highest BCUT2D eigenvalue weighted by atomic mass is 16.4. The monoisotopic (exact) mass is 259 g/mol. The van der Waals surface area contributed by atoms with Gasteiger partial charge >= 0.3 is 5.97 Å². The van der Waals surface area contributed by atoms with E-state index in [0.29, 0.717) is 11.8 Å². The molecule has 1 aliphatic carbocycles. The maximum absolute atomic E-state index is 11.0. The molecule has 102 valence electrons. The van der Waals surface area contributed by atoms with Crippen LogP contribution in [0.3, 0.4) is 0 Å². The van der Waals surface area contributed by atoms with Crippen molar-refractivity contribution in [2.45, 2.75) is 31.1 Å². The zero-order valence-electron chi connectivity index (χ0n) is 11.4. The number of hydrogen-bond donors (Lipinski definition) is 1. The average Bonchev–Trinajstić information content (AvgIpc) is 3.16. The number of benzene rings is 1.